The minimum atomic E-state index is 0.267. The van der Waals surface area contributed by atoms with Gasteiger partial charge in [0.1, 0.15) is 0 Å². The molecule has 80 valence electrons. The van der Waals surface area contributed by atoms with Crippen LogP contribution >= 0.6 is 0 Å². The van der Waals surface area contributed by atoms with E-state index in [0.717, 1.165) is 32.6 Å². The summed E-state index contributed by atoms with van der Waals surface area (Å²) < 4.78 is 0. The molecule has 2 heterocycles. The molecule has 3 nitrogen and oxygen atoms in total. The lowest BCUT2D eigenvalue weighted by Crippen LogP contribution is -2.35. The maximum atomic E-state index is 11.7. The third kappa shape index (κ3) is 1.78. The highest BCUT2D eigenvalue weighted by atomic mass is 16.2. The summed E-state index contributed by atoms with van der Waals surface area (Å²) in [7, 11) is 0. The summed E-state index contributed by atoms with van der Waals surface area (Å²) in [4.78, 5) is 13.7. The van der Waals surface area contributed by atoms with Crippen LogP contribution in [0.3, 0.4) is 0 Å². The Morgan fingerprint density at radius 1 is 1.50 bits per heavy atom. The van der Waals surface area contributed by atoms with Gasteiger partial charge in [-0.3, -0.25) is 4.79 Å². The van der Waals surface area contributed by atoms with Crippen LogP contribution in [0.2, 0.25) is 0 Å². The fourth-order valence-corrected chi connectivity index (χ4v) is 2.75. The van der Waals surface area contributed by atoms with Gasteiger partial charge in [0.05, 0.1) is 0 Å². The number of carbonyl (C=O) groups is 1. The van der Waals surface area contributed by atoms with Gasteiger partial charge in [0.15, 0.2) is 0 Å². The third-order valence-corrected chi connectivity index (χ3v) is 3.60. The largest absolute Gasteiger partial charge is 0.342 e. The Bertz CT molecular complexity index is 219. The van der Waals surface area contributed by atoms with Crippen LogP contribution in [-0.2, 0) is 4.79 Å². The molecule has 0 radical (unpaired) electrons. The van der Waals surface area contributed by atoms with E-state index in [2.05, 4.69) is 12.2 Å². The molecule has 2 rings (SSSR count). The smallest absolute Gasteiger partial charge is 0.223 e. The predicted octanol–water partition coefficient (Wildman–Crippen LogP) is 0.998. The standard InChI is InChI=1S/C11H20N2O/c1-2-13-9-11(7-10(13)14)5-3-4-6-12-8-11/h12H,2-9H2,1H3. The first-order valence-electron chi connectivity index (χ1n) is 5.74. The molecule has 0 aromatic carbocycles. The van der Waals surface area contributed by atoms with Crippen molar-refractivity contribution in [1.29, 1.82) is 0 Å². The number of nitrogens with one attached hydrogen (secondary N) is 1. The van der Waals surface area contributed by atoms with E-state index in [9.17, 15) is 4.79 Å². The van der Waals surface area contributed by atoms with Gasteiger partial charge in [0, 0.05) is 31.5 Å². The van der Waals surface area contributed by atoms with Gasteiger partial charge in [0.25, 0.3) is 0 Å². The summed E-state index contributed by atoms with van der Waals surface area (Å²) in [5.74, 6) is 0.358. The van der Waals surface area contributed by atoms with Crippen LogP contribution in [0.5, 0.6) is 0 Å². The SMILES string of the molecule is CCN1CC2(CCCCNC2)CC1=O. The second-order valence-electron chi connectivity index (χ2n) is 4.72. The van der Waals surface area contributed by atoms with Crippen LogP contribution in [0.25, 0.3) is 0 Å². The molecule has 0 aromatic rings. The van der Waals surface area contributed by atoms with E-state index >= 15 is 0 Å². The van der Waals surface area contributed by atoms with Crippen molar-refractivity contribution in [1.82, 2.24) is 10.2 Å². The minimum absolute atomic E-state index is 0.267. The average molecular weight is 196 g/mol. The first kappa shape index (κ1) is 9.97. The average Bonchev–Trinajstić information content (AvgIpc) is 2.36. The molecule has 2 aliphatic rings. The van der Waals surface area contributed by atoms with Crippen molar-refractivity contribution in [3.63, 3.8) is 0 Å². The molecule has 1 atom stereocenters. The lowest BCUT2D eigenvalue weighted by atomic mass is 9.82. The highest BCUT2D eigenvalue weighted by molar-refractivity contribution is 5.79. The summed E-state index contributed by atoms with van der Waals surface area (Å²) in [6.07, 6.45) is 4.54. The molecule has 1 spiro atoms. The Labute approximate surface area is 85.8 Å². The number of amides is 1. The first-order valence-corrected chi connectivity index (χ1v) is 5.74. The Hall–Kier alpha value is -0.570. The molecule has 2 saturated heterocycles. The van der Waals surface area contributed by atoms with Crippen LogP contribution < -0.4 is 5.32 Å². The van der Waals surface area contributed by atoms with E-state index in [-0.39, 0.29) is 5.41 Å². The van der Waals surface area contributed by atoms with Crippen LogP contribution in [0.15, 0.2) is 0 Å². The zero-order chi connectivity index (χ0) is 10.0. The lowest BCUT2D eigenvalue weighted by molar-refractivity contribution is -0.127. The number of carbonyl (C=O) groups excluding carboxylic acids is 1. The molecule has 3 heteroatoms. The molecule has 14 heavy (non-hydrogen) atoms. The zero-order valence-corrected chi connectivity index (χ0v) is 9.01. The van der Waals surface area contributed by atoms with Gasteiger partial charge in [0.2, 0.25) is 5.91 Å². The summed E-state index contributed by atoms with van der Waals surface area (Å²) in [5.41, 5.74) is 0.267. The molecule has 0 saturated carbocycles. The maximum absolute atomic E-state index is 11.7. The van der Waals surface area contributed by atoms with Gasteiger partial charge in [-0.25, -0.2) is 0 Å². The number of hydrogen-bond acceptors (Lipinski definition) is 2. The Morgan fingerprint density at radius 3 is 3.07 bits per heavy atom. The third-order valence-electron chi connectivity index (χ3n) is 3.60. The summed E-state index contributed by atoms with van der Waals surface area (Å²) >= 11 is 0. The van der Waals surface area contributed by atoms with Crippen molar-refractivity contribution >= 4 is 5.91 Å². The number of hydrogen-bond donors (Lipinski definition) is 1. The number of likely N-dealkylation sites (tertiary alicyclic amines) is 1. The summed E-state index contributed by atoms with van der Waals surface area (Å²) in [6.45, 7) is 6.09. The fourth-order valence-electron chi connectivity index (χ4n) is 2.75. The quantitative estimate of drug-likeness (QED) is 0.678. The fraction of sp³-hybridized carbons (Fsp3) is 0.909. The Balaban J connectivity index is 2.05. The van der Waals surface area contributed by atoms with Gasteiger partial charge >= 0.3 is 0 Å². The molecule has 0 aliphatic carbocycles. The van der Waals surface area contributed by atoms with Crippen molar-refractivity contribution < 1.29 is 4.79 Å². The zero-order valence-electron chi connectivity index (χ0n) is 9.01. The Morgan fingerprint density at radius 2 is 2.36 bits per heavy atom. The van der Waals surface area contributed by atoms with Gasteiger partial charge in [-0.2, -0.15) is 0 Å². The van der Waals surface area contributed by atoms with Crippen molar-refractivity contribution in [3.05, 3.63) is 0 Å². The van der Waals surface area contributed by atoms with Gasteiger partial charge in [-0.05, 0) is 26.3 Å². The lowest BCUT2D eigenvalue weighted by Gasteiger charge is -2.26. The van der Waals surface area contributed by atoms with Crippen molar-refractivity contribution in [2.45, 2.75) is 32.6 Å². The van der Waals surface area contributed by atoms with E-state index in [0.29, 0.717) is 5.91 Å². The highest BCUT2D eigenvalue weighted by Crippen LogP contribution is 2.36. The normalized spacial score (nSPS) is 33.8. The predicted molar refractivity (Wildman–Crippen MR) is 56.0 cm³/mol. The summed E-state index contributed by atoms with van der Waals surface area (Å²) in [5, 5.41) is 3.47. The van der Waals surface area contributed by atoms with Gasteiger partial charge in [-0.1, -0.05) is 6.42 Å². The minimum Gasteiger partial charge on any atom is -0.342 e. The van der Waals surface area contributed by atoms with E-state index in [1.165, 1.54) is 19.3 Å². The topological polar surface area (TPSA) is 32.3 Å². The van der Waals surface area contributed by atoms with Crippen molar-refractivity contribution in [2.24, 2.45) is 5.41 Å². The van der Waals surface area contributed by atoms with Crippen LogP contribution in [0.4, 0.5) is 0 Å². The van der Waals surface area contributed by atoms with Gasteiger partial charge in [-0.15, -0.1) is 0 Å². The maximum Gasteiger partial charge on any atom is 0.223 e. The van der Waals surface area contributed by atoms with Crippen molar-refractivity contribution in [3.8, 4) is 0 Å². The van der Waals surface area contributed by atoms with Crippen LogP contribution in [-0.4, -0.2) is 37.0 Å². The molecule has 2 fully saturated rings. The highest BCUT2D eigenvalue weighted by Gasteiger charge is 2.42. The second-order valence-corrected chi connectivity index (χ2v) is 4.72. The molecule has 1 N–H and O–H groups in total. The van der Waals surface area contributed by atoms with Gasteiger partial charge < -0.3 is 10.2 Å². The van der Waals surface area contributed by atoms with Crippen LogP contribution in [0, 0.1) is 5.41 Å². The second kappa shape index (κ2) is 3.89. The molecule has 1 amide bonds. The molecular weight excluding hydrogens is 176 g/mol. The Kier molecular flexibility index (Phi) is 2.77. The number of rotatable bonds is 1. The van der Waals surface area contributed by atoms with E-state index < -0.39 is 0 Å². The van der Waals surface area contributed by atoms with E-state index in [4.69, 9.17) is 0 Å². The summed E-state index contributed by atoms with van der Waals surface area (Å²) in [6, 6.07) is 0. The van der Waals surface area contributed by atoms with E-state index in [1.54, 1.807) is 0 Å². The number of nitrogens with zero attached hydrogens (tertiary/aromatic N) is 1. The first-order chi connectivity index (χ1) is 6.76. The molecular formula is C11H20N2O. The molecule has 1 unspecified atom stereocenters. The van der Waals surface area contributed by atoms with Crippen molar-refractivity contribution in [2.75, 3.05) is 26.2 Å². The van der Waals surface area contributed by atoms with Crippen LogP contribution in [0.1, 0.15) is 32.6 Å². The van der Waals surface area contributed by atoms with E-state index in [1.807, 2.05) is 4.90 Å². The molecule has 0 bridgehead atoms. The monoisotopic (exact) mass is 196 g/mol. The molecule has 0 aromatic heterocycles. The molecule has 2 aliphatic heterocycles.